The Kier molecular flexibility index (Phi) is 23.9. The Bertz CT molecular complexity index is 5760. The zero-order chi connectivity index (χ0) is 79.6. The highest BCUT2D eigenvalue weighted by Crippen LogP contribution is 2.47. The molecule has 4 unspecified atom stereocenters. The van der Waals surface area contributed by atoms with Crippen LogP contribution in [0, 0.1) is 6.92 Å². The summed E-state index contributed by atoms with van der Waals surface area (Å²) in [5, 5.41) is 44.7. The number of aliphatic hydroxyl groups is 4. The lowest BCUT2D eigenvalue weighted by atomic mass is 9.95. The summed E-state index contributed by atoms with van der Waals surface area (Å²) in [6.07, 6.45) is 6.23. The highest BCUT2D eigenvalue weighted by Gasteiger charge is 2.51. The fraction of sp³-hybridized carbons (Fsp3) is 0.0562. The molecule has 24 heteroatoms. The number of aromatic nitrogens is 4. The minimum Gasteiger partial charge on any atom is -0.507 e. The first kappa shape index (κ1) is 77.8. The molecule has 8 aromatic carbocycles. The second kappa shape index (κ2) is 34.7. The van der Waals surface area contributed by atoms with Crippen LogP contribution in [-0.2, 0) is 38.4 Å². The van der Waals surface area contributed by atoms with E-state index in [1.165, 1.54) is 19.6 Å². The summed E-state index contributed by atoms with van der Waals surface area (Å²) in [6, 6.07) is 79.1. The second-order valence-corrected chi connectivity index (χ2v) is 28.3. The van der Waals surface area contributed by atoms with Crippen molar-refractivity contribution >= 4 is 148 Å². The van der Waals surface area contributed by atoms with Gasteiger partial charge in [0.1, 0.15) is 46.3 Å². The van der Waals surface area contributed by atoms with E-state index in [2.05, 4.69) is 51.8 Å². The van der Waals surface area contributed by atoms with Crippen molar-refractivity contribution in [3.05, 3.63) is 401 Å². The summed E-state index contributed by atoms with van der Waals surface area (Å²) in [4.78, 5) is 126. The molecule has 4 N–H and O–H groups in total. The molecule has 4 fully saturated rings. The van der Waals surface area contributed by atoms with E-state index in [0.717, 1.165) is 20.1 Å². The topological polar surface area (TPSA) is 282 Å². The molecule has 0 aliphatic carbocycles. The van der Waals surface area contributed by atoms with Crippen molar-refractivity contribution in [2.75, 3.05) is 19.6 Å². The summed E-state index contributed by atoms with van der Waals surface area (Å²) < 4.78 is 1.59. The first-order chi connectivity index (χ1) is 54.7. The van der Waals surface area contributed by atoms with Crippen LogP contribution in [-0.4, -0.2) is 87.1 Å². The van der Waals surface area contributed by atoms with E-state index in [1.807, 2.05) is 97.9 Å². The van der Waals surface area contributed by atoms with Gasteiger partial charge in [-0.15, -0.1) is 0 Å². The van der Waals surface area contributed by atoms with E-state index < -0.39 is 70.9 Å². The van der Waals surface area contributed by atoms with Crippen LogP contribution < -0.4 is 19.6 Å². The molecule has 20 nitrogen and oxygen atoms in total. The van der Waals surface area contributed by atoms with Crippen LogP contribution >= 0.6 is 55.1 Å². The fourth-order valence-electron chi connectivity index (χ4n) is 13.3. The molecule has 0 spiro atoms. The number of carbonyl (C=O) groups excluding carboxylic acids is 8. The number of hydrogen-bond donors (Lipinski definition) is 4. The van der Waals surface area contributed by atoms with Gasteiger partial charge in [-0.25, -0.2) is 19.9 Å². The Hall–Kier alpha value is -13.4. The van der Waals surface area contributed by atoms with Crippen molar-refractivity contribution in [1.82, 2.24) is 19.9 Å². The number of pyridine rings is 4. The number of anilines is 4. The Morgan fingerprint density at radius 3 is 0.965 bits per heavy atom. The molecule has 16 rings (SSSR count). The second-order valence-electron chi connectivity index (χ2n) is 25.6. The molecule has 4 atom stereocenters. The minimum absolute atomic E-state index is 0.00491. The number of hydrogen-bond acceptors (Lipinski definition) is 16. The van der Waals surface area contributed by atoms with Crippen LogP contribution in [0.25, 0.3) is 23.0 Å². The van der Waals surface area contributed by atoms with Gasteiger partial charge in [0, 0.05) is 66.0 Å². The van der Waals surface area contributed by atoms with Crippen LogP contribution in [0.5, 0.6) is 0 Å². The lowest BCUT2D eigenvalue weighted by molar-refractivity contribution is -0.132. The van der Waals surface area contributed by atoms with Gasteiger partial charge in [0.05, 0.1) is 46.5 Å². The van der Waals surface area contributed by atoms with Crippen molar-refractivity contribution in [2.45, 2.75) is 31.1 Å². The Labute approximate surface area is 674 Å². The van der Waals surface area contributed by atoms with E-state index in [0.29, 0.717) is 72.3 Å². The smallest absolute Gasteiger partial charge is 0.301 e. The number of amides is 4. The maximum atomic E-state index is 13.0. The van der Waals surface area contributed by atoms with Gasteiger partial charge in [0.15, 0.2) is 0 Å². The van der Waals surface area contributed by atoms with Crippen LogP contribution in [0.3, 0.4) is 0 Å². The number of nitrogens with zero attached hydrogens (tertiary/aromatic N) is 8. The molecule has 4 aliphatic rings. The number of carbonyl (C=O) groups is 8. The molecular formula is C89H62Br2Cl2N8O12. The lowest BCUT2D eigenvalue weighted by Gasteiger charge is -2.25. The van der Waals surface area contributed by atoms with Crippen molar-refractivity contribution < 1.29 is 58.8 Å². The molecule has 0 saturated carbocycles. The third-order valence-electron chi connectivity index (χ3n) is 18.6. The molecule has 12 aromatic rings. The van der Waals surface area contributed by atoms with Crippen LogP contribution in [0.4, 0.5) is 23.3 Å². The SMILES string of the molecule is Cc1cccnc1N1C(=O)C(=O)C(=C(O)c2ccccc2)C1c1ccccc1.O=C1C(=O)N(c2cc(Br)ccn2)C(c2ccccc2)C1=C(O)c1ccccc1.O=C1C(=O)N(c2ccccn2)C(c2ccc(Br)cc2)C1=C(O)c1ccc(Cl)cc1.O=C1C(=O)N(c2ccccn2)C(c2ccc(Cl)cc2)C1=C(O)c1ccccc1. The van der Waals surface area contributed by atoms with Crippen molar-refractivity contribution in [3.8, 4) is 0 Å². The van der Waals surface area contributed by atoms with Gasteiger partial charge in [-0.1, -0.05) is 249 Å². The molecule has 113 heavy (non-hydrogen) atoms. The molecule has 0 radical (unpaired) electrons. The van der Waals surface area contributed by atoms with Crippen molar-refractivity contribution in [3.63, 3.8) is 0 Å². The standard InChI is InChI=1S/C23H18N2O3.C22H14BrClN2O3.C22H15BrN2O3.C22H15ClN2O3/c1-15-9-8-14-24-22(15)25-19(16-10-4-2-5-11-16)18(21(27)23(25)28)20(26)17-12-6-3-7-13-17;23-15-8-4-13(5-9-15)19-18(20(27)14-6-10-16(24)11-7-14)21(28)22(29)26(19)17-3-1-2-12-25-17;23-16-11-12-24-17(13-16)25-19(14-7-3-1-4-8-14)18(21(27)22(25)28)20(26)15-9-5-2-6-10-15;23-16-11-9-14(10-12-16)19-18(20(26)15-6-2-1-3-7-15)21(27)22(28)25(19)17-8-4-5-13-24-17/h2-14,19,26H,1H3;1-12,19,27H;2*1-13,19,26H. The van der Waals surface area contributed by atoms with Gasteiger partial charge in [0.25, 0.3) is 23.1 Å². The fourth-order valence-corrected chi connectivity index (χ4v) is 14.2. The van der Waals surface area contributed by atoms with Gasteiger partial charge in [-0.3, -0.25) is 58.0 Å². The quantitative estimate of drug-likeness (QED) is 0.0502. The molecule has 8 heterocycles. The van der Waals surface area contributed by atoms with Crippen molar-refractivity contribution in [1.29, 1.82) is 0 Å². The van der Waals surface area contributed by atoms with Crippen LogP contribution in [0.15, 0.2) is 341 Å². The number of halogens is 4. The number of ketones is 4. The van der Waals surface area contributed by atoms with Crippen LogP contribution in [0.1, 0.15) is 74.2 Å². The first-order valence-corrected chi connectivity index (χ1v) is 37.2. The third kappa shape index (κ3) is 16.3. The predicted octanol–water partition coefficient (Wildman–Crippen LogP) is 18.0. The van der Waals surface area contributed by atoms with E-state index >= 15 is 0 Å². The number of Topliss-reactive ketones (excluding diaryl/α,β-unsaturated/α-hetero) is 4. The molecule has 4 aliphatic heterocycles. The average molecular weight is 1670 g/mol. The summed E-state index contributed by atoms with van der Waals surface area (Å²) in [5.41, 5.74) is 5.47. The van der Waals surface area contributed by atoms with Gasteiger partial charge >= 0.3 is 23.6 Å². The first-order valence-electron chi connectivity index (χ1n) is 34.8. The predicted molar refractivity (Wildman–Crippen MR) is 438 cm³/mol. The summed E-state index contributed by atoms with van der Waals surface area (Å²) in [5.74, 6) is -5.37. The zero-order valence-corrected chi connectivity index (χ0v) is 64.1. The maximum Gasteiger partial charge on any atom is 0.301 e. The van der Waals surface area contributed by atoms with Crippen LogP contribution in [0.2, 0.25) is 10.0 Å². The van der Waals surface area contributed by atoms with Crippen molar-refractivity contribution in [2.24, 2.45) is 0 Å². The molecular weight excluding hydrogens is 1600 g/mol. The Morgan fingerprint density at radius 1 is 0.301 bits per heavy atom. The third-order valence-corrected chi connectivity index (χ3v) is 20.1. The number of aryl methyl sites for hydroxylation is 1. The Balaban J connectivity index is 0.000000132. The normalized spacial score (nSPS) is 18.4. The zero-order valence-electron chi connectivity index (χ0n) is 59.4. The molecule has 4 amide bonds. The molecule has 0 bridgehead atoms. The largest absolute Gasteiger partial charge is 0.507 e. The van der Waals surface area contributed by atoms with Gasteiger partial charge in [-0.2, -0.15) is 0 Å². The van der Waals surface area contributed by atoms with E-state index in [9.17, 15) is 58.8 Å². The highest BCUT2D eigenvalue weighted by molar-refractivity contribution is 9.10. The Morgan fingerprint density at radius 2 is 0.602 bits per heavy atom. The molecule has 4 aromatic heterocycles. The summed E-state index contributed by atoms with van der Waals surface area (Å²) in [7, 11) is 0. The molecule has 558 valence electrons. The van der Waals surface area contributed by atoms with Gasteiger partial charge < -0.3 is 20.4 Å². The van der Waals surface area contributed by atoms with Gasteiger partial charge in [-0.05, 0) is 126 Å². The van der Waals surface area contributed by atoms with E-state index in [4.69, 9.17) is 23.2 Å². The minimum atomic E-state index is -0.813. The van der Waals surface area contributed by atoms with Gasteiger partial charge in [0.2, 0.25) is 0 Å². The number of aliphatic hydroxyl groups excluding tert-OH is 4. The summed E-state index contributed by atoms with van der Waals surface area (Å²) >= 11 is 18.7. The summed E-state index contributed by atoms with van der Waals surface area (Å²) in [6.45, 7) is 1.83. The number of benzene rings is 8. The lowest BCUT2D eigenvalue weighted by Crippen LogP contribution is -2.30. The maximum absolute atomic E-state index is 13.0. The highest BCUT2D eigenvalue weighted by atomic mass is 79.9. The monoisotopic (exact) mass is 1660 g/mol. The average Bonchev–Trinajstić information content (AvgIpc) is 1.63. The molecule has 4 saturated heterocycles. The number of rotatable bonds is 12. The van der Waals surface area contributed by atoms with E-state index in [1.54, 1.807) is 219 Å². The van der Waals surface area contributed by atoms with E-state index in [-0.39, 0.29) is 45.3 Å².